The molecule has 7 nitrogen and oxygen atoms in total. The van der Waals surface area contributed by atoms with E-state index in [2.05, 4.69) is 31.9 Å². The molecule has 0 amide bonds. The minimum Gasteiger partial charge on any atom is -0.497 e. The predicted molar refractivity (Wildman–Crippen MR) is 168 cm³/mol. The molecular weight excluding hydrogens is 664 g/mol. The summed E-state index contributed by atoms with van der Waals surface area (Å²) >= 11 is 7.20. The van der Waals surface area contributed by atoms with E-state index in [1.165, 1.54) is 12.5 Å². The van der Waals surface area contributed by atoms with E-state index in [9.17, 15) is 0 Å². The molecule has 0 aliphatic carbocycles. The summed E-state index contributed by atoms with van der Waals surface area (Å²) in [4.78, 5) is 19.3. The number of carbonyl (C=O) groups is 1. The summed E-state index contributed by atoms with van der Waals surface area (Å²) in [6, 6.07) is 30.0. The number of ether oxygens (including phenoxy) is 4. The predicted octanol–water partition coefficient (Wildman–Crippen LogP) is 7.82. The van der Waals surface area contributed by atoms with Gasteiger partial charge in [-0.2, -0.15) is 0 Å². The van der Waals surface area contributed by atoms with Crippen molar-refractivity contribution >= 4 is 49.0 Å². The minimum atomic E-state index is -1.68. The largest absolute Gasteiger partial charge is 0.497 e. The van der Waals surface area contributed by atoms with Crippen molar-refractivity contribution in [2.24, 2.45) is 0 Å². The van der Waals surface area contributed by atoms with E-state index in [4.69, 9.17) is 18.9 Å². The van der Waals surface area contributed by atoms with Gasteiger partial charge in [-0.3, -0.25) is 14.6 Å². The lowest BCUT2D eigenvalue weighted by Gasteiger charge is -2.45. The zero-order valence-corrected chi connectivity index (χ0v) is 25.9. The highest BCUT2D eigenvalue weighted by Gasteiger charge is 2.63. The monoisotopic (exact) mass is 688 g/mol. The van der Waals surface area contributed by atoms with Crippen LogP contribution in [0.2, 0.25) is 0 Å². The molecule has 0 saturated carbocycles. The zero-order valence-electron chi connectivity index (χ0n) is 22.7. The van der Waals surface area contributed by atoms with Crippen LogP contribution in [0.4, 0.5) is 11.4 Å². The first-order chi connectivity index (χ1) is 20.4. The smallest absolute Gasteiger partial charge is 0.278 e. The molecule has 0 fully saturated rings. The van der Waals surface area contributed by atoms with Gasteiger partial charge in [0.25, 0.3) is 17.2 Å². The maximum Gasteiger partial charge on any atom is 0.278 e. The third-order valence-electron chi connectivity index (χ3n) is 7.29. The van der Waals surface area contributed by atoms with Crippen molar-refractivity contribution in [3.63, 3.8) is 0 Å². The van der Waals surface area contributed by atoms with Crippen LogP contribution in [0.3, 0.4) is 0 Å². The summed E-state index contributed by atoms with van der Waals surface area (Å²) in [5.41, 5.74) is -0.766. The lowest BCUT2D eigenvalue weighted by atomic mass is 9.84. The normalized spacial score (nSPS) is 20.8. The number of methoxy groups -OCH3 is 2. The van der Waals surface area contributed by atoms with Crippen LogP contribution in [0, 0.1) is 0 Å². The summed E-state index contributed by atoms with van der Waals surface area (Å²) in [6.45, 7) is 0. The maximum atomic E-state index is 15.7. The Morgan fingerprint density at radius 3 is 1.48 bits per heavy atom. The number of hydrogen-bond donors (Lipinski definition) is 0. The number of carbonyl (C=O) groups excluding carboxylic acids is 1. The van der Waals surface area contributed by atoms with Gasteiger partial charge in [0.2, 0.25) is 0 Å². The molecule has 0 spiro atoms. The Balaban J connectivity index is 1.62. The number of Topliss-reactive ketones (excluding diaryl/α,β-unsaturated/α-hetero) is 1. The molecule has 212 valence electrons. The molecular formula is C33H26Br2N2O5. The van der Waals surface area contributed by atoms with Crippen LogP contribution >= 0.6 is 31.9 Å². The molecule has 0 saturated heterocycles. The van der Waals surface area contributed by atoms with E-state index in [-0.39, 0.29) is 5.78 Å². The molecule has 0 radical (unpaired) electrons. The zero-order chi connectivity index (χ0) is 29.3. The SMILES string of the molecule is COc1cccc(N2C=COC2(C(=O)C2(c3cccc(Br)c3)OC=CN2c2cccc(OC)c2)c2cccc(Br)c2)c1. The quantitative estimate of drug-likeness (QED) is 0.187. The maximum absolute atomic E-state index is 15.7. The van der Waals surface area contributed by atoms with E-state index in [0.717, 1.165) is 8.95 Å². The number of hydrogen-bond acceptors (Lipinski definition) is 7. The van der Waals surface area contributed by atoms with Crippen molar-refractivity contribution < 1.29 is 23.7 Å². The average molecular weight is 690 g/mol. The van der Waals surface area contributed by atoms with Crippen LogP contribution < -0.4 is 19.3 Å². The van der Waals surface area contributed by atoms with Gasteiger partial charge < -0.3 is 18.9 Å². The molecule has 0 bridgehead atoms. The molecule has 0 N–H and O–H groups in total. The highest BCUT2D eigenvalue weighted by atomic mass is 79.9. The lowest BCUT2D eigenvalue weighted by Crippen LogP contribution is -2.61. The summed E-state index contributed by atoms with van der Waals surface area (Å²) < 4.78 is 25.6. The molecule has 2 atom stereocenters. The molecule has 6 rings (SSSR count). The molecule has 42 heavy (non-hydrogen) atoms. The molecule has 0 aromatic heterocycles. The lowest BCUT2D eigenvalue weighted by molar-refractivity contribution is -0.156. The molecule has 2 aliphatic rings. The van der Waals surface area contributed by atoms with Gasteiger partial charge in [-0.25, -0.2) is 0 Å². The first-order valence-corrected chi connectivity index (χ1v) is 14.6. The van der Waals surface area contributed by atoms with E-state index in [1.807, 2.05) is 107 Å². The summed E-state index contributed by atoms with van der Waals surface area (Å²) in [7, 11) is 3.21. The van der Waals surface area contributed by atoms with E-state index in [1.54, 1.807) is 26.6 Å². The molecule has 2 unspecified atom stereocenters. The van der Waals surface area contributed by atoms with Gasteiger partial charge >= 0.3 is 0 Å². The number of nitrogens with zero attached hydrogens (tertiary/aromatic N) is 2. The van der Waals surface area contributed by atoms with Crippen molar-refractivity contribution in [2.75, 3.05) is 24.0 Å². The standard InChI is InChI=1S/C33H26Br2N2O5/c1-39-29-13-5-11-27(21-29)36-15-17-41-32(36,23-7-3-9-25(34)19-23)31(38)33(24-8-4-10-26(35)20-24)37(16-18-42-33)28-12-6-14-30(22-28)40-2/h3-22H,1-2H3. The van der Waals surface area contributed by atoms with Gasteiger partial charge in [-0.1, -0.05) is 68.3 Å². The Morgan fingerprint density at radius 1 is 0.643 bits per heavy atom. The second kappa shape index (κ2) is 11.2. The van der Waals surface area contributed by atoms with Gasteiger partial charge in [0.1, 0.15) is 24.0 Å². The Bertz CT molecular complexity index is 1590. The fourth-order valence-corrected chi connectivity index (χ4v) is 6.19. The van der Waals surface area contributed by atoms with Gasteiger partial charge in [0.05, 0.1) is 14.2 Å². The molecule has 4 aromatic carbocycles. The Labute approximate surface area is 260 Å². The minimum absolute atomic E-state index is 0.383. The van der Waals surface area contributed by atoms with E-state index >= 15 is 4.79 Å². The topological polar surface area (TPSA) is 60.5 Å². The van der Waals surface area contributed by atoms with Crippen molar-refractivity contribution in [3.8, 4) is 11.5 Å². The fourth-order valence-electron chi connectivity index (χ4n) is 5.39. The fraction of sp³-hybridized carbons (Fsp3) is 0.121. The van der Waals surface area contributed by atoms with Crippen LogP contribution in [0.5, 0.6) is 11.5 Å². The number of ketones is 1. The average Bonchev–Trinajstić information content (AvgIpc) is 3.68. The molecule has 9 heteroatoms. The Morgan fingerprint density at radius 2 is 1.07 bits per heavy atom. The van der Waals surface area contributed by atoms with E-state index in [0.29, 0.717) is 34.0 Å². The number of halogens is 2. The third kappa shape index (κ3) is 4.53. The highest BCUT2D eigenvalue weighted by molar-refractivity contribution is 9.10. The number of rotatable bonds is 8. The van der Waals surface area contributed by atoms with Crippen LogP contribution in [0.15, 0.2) is 131 Å². The van der Waals surface area contributed by atoms with Gasteiger partial charge in [-0.15, -0.1) is 0 Å². The summed E-state index contributed by atoms with van der Waals surface area (Å²) in [6.07, 6.45) is 6.57. The van der Waals surface area contributed by atoms with Crippen molar-refractivity contribution in [1.29, 1.82) is 0 Å². The van der Waals surface area contributed by atoms with Crippen LogP contribution in [0.1, 0.15) is 11.1 Å². The van der Waals surface area contributed by atoms with Gasteiger partial charge in [-0.05, 0) is 48.5 Å². The van der Waals surface area contributed by atoms with Crippen LogP contribution in [0.25, 0.3) is 0 Å². The second-order valence-corrected chi connectivity index (χ2v) is 11.4. The summed E-state index contributed by atoms with van der Waals surface area (Å²) in [5, 5.41) is 0. The molecule has 2 aliphatic heterocycles. The van der Waals surface area contributed by atoms with Crippen molar-refractivity contribution in [1.82, 2.24) is 0 Å². The Hall–Kier alpha value is -4.21. The van der Waals surface area contributed by atoms with Crippen LogP contribution in [-0.2, 0) is 25.7 Å². The molecule has 4 aromatic rings. The van der Waals surface area contributed by atoms with Crippen molar-refractivity contribution in [3.05, 3.63) is 142 Å². The second-order valence-electron chi connectivity index (χ2n) is 9.59. The first-order valence-electron chi connectivity index (χ1n) is 13.0. The Kier molecular flexibility index (Phi) is 7.47. The highest BCUT2D eigenvalue weighted by Crippen LogP contribution is 2.50. The first kappa shape index (κ1) is 27.9. The molecule has 2 heterocycles. The van der Waals surface area contributed by atoms with Gasteiger partial charge in [0, 0.05) is 56.0 Å². The van der Waals surface area contributed by atoms with Crippen molar-refractivity contribution in [2.45, 2.75) is 11.4 Å². The number of benzene rings is 4. The van der Waals surface area contributed by atoms with Gasteiger partial charge in [0.15, 0.2) is 0 Å². The summed E-state index contributed by atoms with van der Waals surface area (Å²) in [5.74, 6) is 0.899. The van der Waals surface area contributed by atoms with Crippen LogP contribution in [-0.4, -0.2) is 20.0 Å². The van der Waals surface area contributed by atoms with E-state index < -0.39 is 11.4 Å². The number of anilines is 2. The third-order valence-corrected chi connectivity index (χ3v) is 8.27.